The van der Waals surface area contributed by atoms with Crippen molar-refractivity contribution >= 4 is 41.4 Å². The van der Waals surface area contributed by atoms with Crippen LogP contribution in [0.25, 0.3) is 18.2 Å². The number of methoxy groups -OCH3 is 1. The average Bonchev–Trinajstić information content (AvgIpc) is 2.77. The quantitative estimate of drug-likeness (QED) is 0.269. The molecule has 3 aromatic rings. The molecular formula is C22H18N4O4. The van der Waals surface area contributed by atoms with Crippen LogP contribution in [0.2, 0.25) is 0 Å². The number of hydrogen-bond acceptors (Lipinski definition) is 7. The van der Waals surface area contributed by atoms with E-state index in [1.54, 1.807) is 24.5 Å². The number of aromatic nitrogens is 2. The van der Waals surface area contributed by atoms with Crippen LogP contribution in [0.1, 0.15) is 16.7 Å². The number of nitrogens with zero attached hydrogens (tertiary/aromatic N) is 3. The van der Waals surface area contributed by atoms with Crippen LogP contribution in [0.3, 0.4) is 0 Å². The van der Waals surface area contributed by atoms with Crippen LogP contribution in [0.15, 0.2) is 67.1 Å². The normalized spacial score (nSPS) is 11.0. The summed E-state index contributed by atoms with van der Waals surface area (Å²) in [5.41, 5.74) is 3.07. The van der Waals surface area contributed by atoms with E-state index in [4.69, 9.17) is 0 Å². The summed E-state index contributed by atoms with van der Waals surface area (Å²) in [6, 6.07) is 12.2. The second kappa shape index (κ2) is 9.74. The summed E-state index contributed by atoms with van der Waals surface area (Å²) in [5, 5.41) is 14.1. The Morgan fingerprint density at radius 2 is 1.83 bits per heavy atom. The monoisotopic (exact) mass is 402 g/mol. The maximum atomic E-state index is 11.2. The molecule has 0 aliphatic carbocycles. The fraction of sp³-hybridized carbons (Fsp3) is 0.0455. The lowest BCUT2D eigenvalue weighted by Crippen LogP contribution is -1.99. The van der Waals surface area contributed by atoms with Gasteiger partial charge in [0.2, 0.25) is 5.82 Å². The second-order valence-corrected chi connectivity index (χ2v) is 6.12. The Hall–Kier alpha value is -4.33. The van der Waals surface area contributed by atoms with Crippen LogP contribution in [0.4, 0.5) is 17.2 Å². The van der Waals surface area contributed by atoms with Gasteiger partial charge in [-0.05, 0) is 47.0 Å². The van der Waals surface area contributed by atoms with E-state index in [1.807, 2.05) is 36.4 Å². The van der Waals surface area contributed by atoms with Crippen molar-refractivity contribution in [3.63, 3.8) is 0 Å². The molecule has 3 rings (SSSR count). The minimum atomic E-state index is -0.478. The number of carbonyl (C=O) groups is 1. The number of hydrogen-bond donors (Lipinski definition) is 1. The molecule has 0 fully saturated rings. The standard InChI is InChI=1S/C22H18N4O4/c1-30-21(27)10-9-18-12-17(14-23-15-18)8-7-16-4-2-5-19(13-16)25-22-20(26(28)29)6-3-11-24-22/h2-15H,1H3,(H,24,25)/b8-7?,10-9+. The molecule has 0 saturated heterocycles. The van der Waals surface area contributed by atoms with Gasteiger partial charge in [0.25, 0.3) is 0 Å². The summed E-state index contributed by atoms with van der Waals surface area (Å²) < 4.78 is 4.57. The Balaban J connectivity index is 1.76. The predicted molar refractivity (Wildman–Crippen MR) is 115 cm³/mol. The number of ether oxygens (including phenoxy) is 1. The fourth-order valence-electron chi connectivity index (χ4n) is 2.58. The summed E-state index contributed by atoms with van der Waals surface area (Å²) in [5.74, 6) is -0.258. The van der Waals surface area contributed by atoms with Crippen molar-refractivity contribution in [2.75, 3.05) is 12.4 Å². The van der Waals surface area contributed by atoms with Crippen LogP contribution < -0.4 is 5.32 Å². The van der Waals surface area contributed by atoms with Crippen molar-refractivity contribution < 1.29 is 14.5 Å². The summed E-state index contributed by atoms with van der Waals surface area (Å²) in [6.07, 6.45) is 11.6. The molecule has 1 N–H and O–H groups in total. The first-order chi connectivity index (χ1) is 14.5. The number of benzene rings is 1. The van der Waals surface area contributed by atoms with Gasteiger partial charge < -0.3 is 10.1 Å². The number of rotatable bonds is 7. The van der Waals surface area contributed by atoms with Crippen LogP contribution in [-0.2, 0) is 9.53 Å². The highest BCUT2D eigenvalue weighted by molar-refractivity contribution is 5.87. The number of nitrogens with one attached hydrogen (secondary N) is 1. The Kier molecular flexibility index (Phi) is 6.63. The Morgan fingerprint density at radius 1 is 1.07 bits per heavy atom. The Bertz CT molecular complexity index is 1130. The zero-order chi connectivity index (χ0) is 21.3. The molecule has 8 nitrogen and oxygen atoms in total. The zero-order valence-electron chi connectivity index (χ0n) is 16.1. The van der Waals surface area contributed by atoms with E-state index >= 15 is 0 Å². The Labute approximate surface area is 172 Å². The van der Waals surface area contributed by atoms with Gasteiger partial charge >= 0.3 is 11.7 Å². The van der Waals surface area contributed by atoms with E-state index in [0.29, 0.717) is 5.69 Å². The second-order valence-electron chi connectivity index (χ2n) is 6.12. The third-order valence-corrected chi connectivity index (χ3v) is 3.99. The number of esters is 1. The van der Waals surface area contributed by atoms with Crippen molar-refractivity contribution in [2.24, 2.45) is 0 Å². The van der Waals surface area contributed by atoms with Gasteiger partial charge in [0.05, 0.1) is 12.0 Å². The highest BCUT2D eigenvalue weighted by atomic mass is 16.6. The predicted octanol–water partition coefficient (Wildman–Crippen LogP) is 4.49. The summed E-state index contributed by atoms with van der Waals surface area (Å²) >= 11 is 0. The van der Waals surface area contributed by atoms with E-state index in [9.17, 15) is 14.9 Å². The van der Waals surface area contributed by atoms with E-state index in [2.05, 4.69) is 20.0 Å². The van der Waals surface area contributed by atoms with E-state index in [1.165, 1.54) is 31.5 Å². The van der Waals surface area contributed by atoms with Crippen LogP contribution in [0, 0.1) is 10.1 Å². The molecular weight excluding hydrogens is 384 g/mol. The van der Waals surface area contributed by atoms with Crippen molar-refractivity contribution in [3.05, 3.63) is 93.9 Å². The summed E-state index contributed by atoms with van der Waals surface area (Å²) in [7, 11) is 1.32. The van der Waals surface area contributed by atoms with Crippen molar-refractivity contribution in [2.45, 2.75) is 0 Å². The maximum Gasteiger partial charge on any atom is 0.330 e. The van der Waals surface area contributed by atoms with Gasteiger partial charge in [-0.15, -0.1) is 0 Å². The molecule has 150 valence electrons. The van der Waals surface area contributed by atoms with E-state index < -0.39 is 10.9 Å². The third kappa shape index (κ3) is 5.59. The van der Waals surface area contributed by atoms with Gasteiger partial charge in [-0.25, -0.2) is 9.78 Å². The molecule has 0 aliphatic rings. The largest absolute Gasteiger partial charge is 0.466 e. The first-order valence-electron chi connectivity index (χ1n) is 8.91. The molecule has 0 unspecified atom stereocenters. The van der Waals surface area contributed by atoms with Crippen LogP contribution in [0.5, 0.6) is 0 Å². The molecule has 2 aromatic heterocycles. The third-order valence-electron chi connectivity index (χ3n) is 3.99. The average molecular weight is 402 g/mol. The number of pyridine rings is 2. The number of nitro groups is 1. The molecule has 2 heterocycles. The van der Waals surface area contributed by atoms with Crippen LogP contribution >= 0.6 is 0 Å². The van der Waals surface area contributed by atoms with Gasteiger partial charge in [-0.3, -0.25) is 15.1 Å². The van der Waals surface area contributed by atoms with Crippen molar-refractivity contribution in [1.29, 1.82) is 0 Å². The smallest absolute Gasteiger partial charge is 0.330 e. The van der Waals surface area contributed by atoms with Crippen LogP contribution in [-0.4, -0.2) is 28.0 Å². The molecule has 8 heteroatoms. The summed E-state index contributed by atoms with van der Waals surface area (Å²) in [6.45, 7) is 0. The summed E-state index contributed by atoms with van der Waals surface area (Å²) in [4.78, 5) is 30.1. The molecule has 0 radical (unpaired) electrons. The molecule has 0 saturated carbocycles. The minimum absolute atomic E-state index is 0.0960. The van der Waals surface area contributed by atoms with E-state index in [0.717, 1.165) is 16.7 Å². The van der Waals surface area contributed by atoms with Gasteiger partial charge in [0.15, 0.2) is 0 Å². The molecule has 0 spiro atoms. The number of carbonyl (C=O) groups excluding carboxylic acids is 1. The maximum absolute atomic E-state index is 11.2. The molecule has 0 bridgehead atoms. The highest BCUT2D eigenvalue weighted by Crippen LogP contribution is 2.25. The lowest BCUT2D eigenvalue weighted by molar-refractivity contribution is -0.384. The van der Waals surface area contributed by atoms with Crippen molar-refractivity contribution in [3.8, 4) is 0 Å². The first-order valence-corrected chi connectivity index (χ1v) is 8.91. The highest BCUT2D eigenvalue weighted by Gasteiger charge is 2.13. The van der Waals surface area contributed by atoms with Gasteiger partial charge in [-0.1, -0.05) is 24.3 Å². The lowest BCUT2D eigenvalue weighted by atomic mass is 10.1. The number of anilines is 2. The molecule has 0 atom stereocenters. The first kappa shape index (κ1) is 20.4. The Morgan fingerprint density at radius 3 is 2.60 bits per heavy atom. The fourth-order valence-corrected chi connectivity index (χ4v) is 2.58. The SMILES string of the molecule is COC(=O)/C=C/c1cncc(C=Cc2cccc(Nc3ncccc3[N+](=O)[O-])c2)c1. The lowest BCUT2D eigenvalue weighted by Gasteiger charge is -2.06. The minimum Gasteiger partial charge on any atom is -0.466 e. The van der Waals surface area contributed by atoms with Gasteiger partial charge in [0, 0.05) is 36.4 Å². The molecule has 0 aliphatic heterocycles. The zero-order valence-corrected chi connectivity index (χ0v) is 16.1. The topological polar surface area (TPSA) is 107 Å². The van der Waals surface area contributed by atoms with Crippen molar-refractivity contribution in [1.82, 2.24) is 9.97 Å². The van der Waals surface area contributed by atoms with Gasteiger partial charge in [-0.2, -0.15) is 0 Å². The molecule has 30 heavy (non-hydrogen) atoms. The van der Waals surface area contributed by atoms with Gasteiger partial charge in [0.1, 0.15) is 0 Å². The molecule has 1 aromatic carbocycles. The van der Waals surface area contributed by atoms with E-state index in [-0.39, 0.29) is 11.5 Å². The molecule has 0 amide bonds.